The molecule has 2 aliphatic heterocycles. The Kier molecular flexibility index (Phi) is 6.22. The fourth-order valence-corrected chi connectivity index (χ4v) is 5.83. The Labute approximate surface area is 240 Å². The van der Waals surface area contributed by atoms with Crippen molar-refractivity contribution in [2.45, 2.75) is 39.3 Å². The Morgan fingerprint density at radius 3 is 2.63 bits per heavy atom. The van der Waals surface area contributed by atoms with Crippen LogP contribution < -0.4 is 19.7 Å². The molecule has 2 aromatic heterocycles. The van der Waals surface area contributed by atoms with Gasteiger partial charge in [-0.05, 0) is 57.5 Å². The summed E-state index contributed by atoms with van der Waals surface area (Å²) in [6.07, 6.45) is 1.50. The summed E-state index contributed by atoms with van der Waals surface area (Å²) in [5, 5.41) is 3.14. The lowest BCUT2D eigenvalue weighted by Crippen LogP contribution is -2.51. The highest BCUT2D eigenvalue weighted by Crippen LogP contribution is 2.54. The van der Waals surface area contributed by atoms with Crippen LogP contribution in [0, 0.1) is 12.7 Å². The van der Waals surface area contributed by atoms with Gasteiger partial charge in [-0.15, -0.1) is 0 Å². The number of hydrogen-bond acceptors (Lipinski definition) is 7. The van der Waals surface area contributed by atoms with E-state index in [1.165, 1.54) is 31.5 Å². The molecule has 1 spiro atoms. The number of rotatable bonds is 6. The van der Waals surface area contributed by atoms with Crippen molar-refractivity contribution < 1.29 is 23.5 Å². The van der Waals surface area contributed by atoms with Crippen molar-refractivity contribution in [3.05, 3.63) is 75.9 Å². The number of carbonyl (C=O) groups is 2. The summed E-state index contributed by atoms with van der Waals surface area (Å²) in [5.74, 6) is -1.39. The van der Waals surface area contributed by atoms with E-state index in [1.807, 2.05) is 39.8 Å². The van der Waals surface area contributed by atoms with Gasteiger partial charge in [0.1, 0.15) is 11.6 Å². The number of fused-ring (bicyclic) bond motifs is 4. The maximum atomic E-state index is 15.5. The molecule has 2 amide bonds. The van der Waals surface area contributed by atoms with Crippen molar-refractivity contribution in [2.75, 3.05) is 23.9 Å². The van der Waals surface area contributed by atoms with Gasteiger partial charge in [-0.3, -0.25) is 14.5 Å². The predicted molar refractivity (Wildman–Crippen MR) is 150 cm³/mol. The van der Waals surface area contributed by atoms with Crippen LogP contribution in [-0.2, 0) is 10.3 Å². The lowest BCUT2D eigenvalue weighted by molar-refractivity contribution is -0.119. The number of anilines is 2. The number of aryl methyl sites for hydroxylation is 1. The topological polar surface area (TPSA) is 111 Å². The first-order chi connectivity index (χ1) is 19.6. The minimum absolute atomic E-state index is 0.00686. The van der Waals surface area contributed by atoms with Gasteiger partial charge in [-0.2, -0.15) is 4.98 Å². The molecule has 0 aliphatic carbocycles. The Morgan fingerprint density at radius 2 is 1.93 bits per heavy atom. The van der Waals surface area contributed by atoms with Gasteiger partial charge < -0.3 is 19.4 Å². The second-order valence-electron chi connectivity index (χ2n) is 10.1. The Hall–Kier alpha value is -4.51. The summed E-state index contributed by atoms with van der Waals surface area (Å²) in [4.78, 5) is 43.1. The second-order valence-corrected chi connectivity index (χ2v) is 10.5. The van der Waals surface area contributed by atoms with Gasteiger partial charge in [0.05, 0.1) is 30.7 Å². The lowest BCUT2D eigenvalue weighted by Gasteiger charge is -2.36. The average Bonchev–Trinajstić information content (AvgIpc) is 3.54. The molecule has 4 heterocycles. The number of nitrogens with one attached hydrogen (secondary N) is 1. The van der Waals surface area contributed by atoms with Gasteiger partial charge in [0.25, 0.3) is 11.8 Å². The molecule has 0 saturated carbocycles. The van der Waals surface area contributed by atoms with Crippen LogP contribution in [-0.4, -0.2) is 45.1 Å². The predicted octanol–water partition coefficient (Wildman–Crippen LogP) is 5.29. The van der Waals surface area contributed by atoms with Gasteiger partial charge >= 0.3 is 6.01 Å². The van der Waals surface area contributed by atoms with E-state index in [-0.39, 0.29) is 34.3 Å². The highest BCUT2D eigenvalue weighted by Gasteiger charge is 2.64. The van der Waals surface area contributed by atoms with Crippen LogP contribution >= 0.6 is 11.6 Å². The van der Waals surface area contributed by atoms with Crippen molar-refractivity contribution in [1.82, 2.24) is 19.5 Å². The van der Waals surface area contributed by atoms with Crippen molar-refractivity contribution in [2.24, 2.45) is 0 Å². The Bertz CT molecular complexity index is 1760. The molecule has 0 radical (unpaired) electrons. The van der Waals surface area contributed by atoms with Gasteiger partial charge in [-0.25, -0.2) is 14.4 Å². The normalized spacial score (nSPS) is 17.3. The molecule has 6 rings (SSSR count). The zero-order valence-corrected chi connectivity index (χ0v) is 23.7. The molecule has 0 saturated heterocycles. The molecule has 1 N–H and O–H groups in total. The summed E-state index contributed by atoms with van der Waals surface area (Å²) < 4.78 is 28.2. The highest BCUT2D eigenvalue weighted by atomic mass is 35.5. The molecule has 2 aliphatic rings. The molecule has 2 aromatic carbocycles. The van der Waals surface area contributed by atoms with E-state index in [0.717, 1.165) is 10.5 Å². The third-order valence-corrected chi connectivity index (χ3v) is 7.48. The number of amides is 2. The lowest BCUT2D eigenvalue weighted by atomic mass is 9.86. The van der Waals surface area contributed by atoms with Crippen molar-refractivity contribution in [1.29, 1.82) is 0 Å². The first-order valence-corrected chi connectivity index (χ1v) is 13.4. The highest BCUT2D eigenvalue weighted by molar-refractivity contribution is 6.31. The molecule has 4 aromatic rings. The molecule has 1 unspecified atom stereocenters. The van der Waals surface area contributed by atoms with Crippen LogP contribution in [0.25, 0.3) is 11.4 Å². The van der Waals surface area contributed by atoms with Crippen LogP contribution in [0.1, 0.15) is 54.1 Å². The Morgan fingerprint density at radius 1 is 1.15 bits per heavy atom. The monoisotopic (exact) mass is 576 g/mol. The van der Waals surface area contributed by atoms with E-state index in [4.69, 9.17) is 26.1 Å². The molecule has 210 valence electrons. The molecule has 0 fully saturated rings. The number of ether oxygens (including phenoxy) is 2. The zero-order valence-electron chi connectivity index (χ0n) is 23.0. The van der Waals surface area contributed by atoms with E-state index >= 15 is 4.39 Å². The molecule has 1 atom stereocenters. The van der Waals surface area contributed by atoms with E-state index in [9.17, 15) is 9.59 Å². The Balaban J connectivity index is 1.70. The van der Waals surface area contributed by atoms with E-state index in [1.54, 1.807) is 10.6 Å². The maximum absolute atomic E-state index is 15.5. The van der Waals surface area contributed by atoms with Gasteiger partial charge in [0.15, 0.2) is 11.2 Å². The van der Waals surface area contributed by atoms with E-state index < -0.39 is 23.2 Å². The first-order valence-electron chi connectivity index (χ1n) is 13.0. The van der Waals surface area contributed by atoms with Crippen LogP contribution in [0.4, 0.5) is 15.8 Å². The third-order valence-electron chi connectivity index (χ3n) is 7.24. The fraction of sp³-hybridized carbons (Fsp3) is 0.276. The number of imidazole rings is 1. The second kappa shape index (κ2) is 9.55. The van der Waals surface area contributed by atoms with Gasteiger partial charge in [-0.1, -0.05) is 23.7 Å². The zero-order chi connectivity index (χ0) is 29.2. The molecular formula is C29H26ClFN6O4. The summed E-state index contributed by atoms with van der Waals surface area (Å²) in [6, 6.07) is 9.14. The number of benzene rings is 2. The number of hydrogen-bond donors (Lipinski definition) is 1. The smallest absolute Gasteiger partial charge is 0.319 e. The number of aromatic nitrogens is 4. The summed E-state index contributed by atoms with van der Waals surface area (Å²) >= 11 is 6.27. The summed E-state index contributed by atoms with van der Waals surface area (Å²) in [5.41, 5.74) is 0.672. The van der Waals surface area contributed by atoms with E-state index in [2.05, 4.69) is 15.3 Å². The molecule has 41 heavy (non-hydrogen) atoms. The van der Waals surface area contributed by atoms with E-state index in [0.29, 0.717) is 34.9 Å². The van der Waals surface area contributed by atoms with Gasteiger partial charge in [0.2, 0.25) is 5.88 Å². The molecule has 10 nitrogen and oxygen atoms in total. The first kappa shape index (κ1) is 26.7. The minimum Gasteiger partial charge on any atom is -0.480 e. The van der Waals surface area contributed by atoms with Crippen molar-refractivity contribution in [3.63, 3.8) is 0 Å². The molecular weight excluding hydrogens is 551 g/mol. The number of carbonyl (C=O) groups excluding carboxylic acids is 2. The standard InChI is InChI=1S/C29H26ClFN6O4/c1-6-41-28-32-13-17(25(35-28)40-5)24-34-22-23(36(24)14(2)3)29(18-9-7-15(4)11-20(18)33-27(29)39)37(26(22)38)21-12-16(30)8-10-19(21)31/h7-14H,6H2,1-5H3,(H,33,39). The quantitative estimate of drug-likeness (QED) is 0.332. The number of halogens is 2. The number of nitrogens with zero attached hydrogens (tertiary/aromatic N) is 5. The van der Waals surface area contributed by atoms with Crippen LogP contribution in [0.2, 0.25) is 5.02 Å². The fourth-order valence-electron chi connectivity index (χ4n) is 5.66. The van der Waals surface area contributed by atoms with Crippen LogP contribution in [0.15, 0.2) is 42.6 Å². The van der Waals surface area contributed by atoms with Gasteiger partial charge in [0, 0.05) is 28.5 Å². The van der Waals surface area contributed by atoms with Crippen LogP contribution in [0.5, 0.6) is 11.9 Å². The largest absolute Gasteiger partial charge is 0.480 e. The molecule has 12 heteroatoms. The van der Waals surface area contributed by atoms with Crippen molar-refractivity contribution >= 4 is 34.8 Å². The van der Waals surface area contributed by atoms with Crippen LogP contribution in [0.3, 0.4) is 0 Å². The summed E-state index contributed by atoms with van der Waals surface area (Å²) in [6.45, 7) is 7.86. The SMILES string of the molecule is CCOc1ncc(-c2nc3c(n2C(C)C)C2(C(=O)Nc4cc(C)ccc42)N(c2cc(Cl)ccc2F)C3=O)c(OC)n1. The average molecular weight is 577 g/mol. The maximum Gasteiger partial charge on any atom is 0.319 e. The van der Waals surface area contributed by atoms with Crippen molar-refractivity contribution in [3.8, 4) is 23.3 Å². The minimum atomic E-state index is -1.78. The summed E-state index contributed by atoms with van der Waals surface area (Å²) in [7, 11) is 1.46. The molecule has 0 bridgehead atoms. The number of methoxy groups -OCH3 is 1. The third kappa shape index (κ3) is 3.72.